The molecule has 3 N–H and O–H groups in total. The smallest absolute Gasteiger partial charge is 0.269 e. The highest BCUT2D eigenvalue weighted by Gasteiger charge is 2.16. The van der Waals surface area contributed by atoms with Crippen LogP contribution in [0.5, 0.6) is 0 Å². The van der Waals surface area contributed by atoms with Crippen molar-refractivity contribution in [3.63, 3.8) is 0 Å². The summed E-state index contributed by atoms with van der Waals surface area (Å²) in [5, 5.41) is 0.926. The van der Waals surface area contributed by atoms with E-state index >= 15 is 0 Å². The minimum atomic E-state index is -0.640. The molecule has 0 aliphatic carbocycles. The van der Waals surface area contributed by atoms with E-state index in [1.165, 1.54) is 6.20 Å². The van der Waals surface area contributed by atoms with Gasteiger partial charge in [-0.2, -0.15) is 0 Å². The highest BCUT2D eigenvalue weighted by Crippen LogP contribution is 2.33. The van der Waals surface area contributed by atoms with E-state index in [2.05, 4.69) is 15.0 Å². The predicted octanol–water partition coefficient (Wildman–Crippen LogP) is 3.03. The maximum absolute atomic E-state index is 11.3. The Morgan fingerprint density at radius 1 is 1.20 bits per heavy atom. The van der Waals surface area contributed by atoms with E-state index in [9.17, 15) is 4.79 Å². The topological polar surface area (TPSA) is 84.7 Å². The lowest BCUT2D eigenvalue weighted by atomic mass is 10.2. The van der Waals surface area contributed by atoms with E-state index in [0.717, 1.165) is 0 Å². The Labute approximate surface area is 123 Å². The van der Waals surface area contributed by atoms with Gasteiger partial charge in [0.2, 0.25) is 0 Å². The molecule has 7 heteroatoms. The third kappa shape index (κ3) is 2.01. The normalized spacial score (nSPS) is 10.9. The summed E-state index contributed by atoms with van der Waals surface area (Å²) < 4.78 is 0. The molecule has 1 amide bonds. The van der Waals surface area contributed by atoms with E-state index in [1.54, 1.807) is 24.3 Å². The molecule has 0 fully saturated rings. The monoisotopic (exact) mass is 306 g/mol. The molecule has 100 valence electrons. The fourth-order valence-electron chi connectivity index (χ4n) is 1.96. The molecule has 0 bridgehead atoms. The largest absolute Gasteiger partial charge is 0.364 e. The molecule has 0 spiro atoms. The number of carbonyl (C=O) groups is 1. The fraction of sp³-hybridized carbons (Fsp3) is 0. The molecule has 0 saturated heterocycles. The summed E-state index contributed by atoms with van der Waals surface area (Å²) in [5.41, 5.74) is 6.99. The van der Waals surface area contributed by atoms with Gasteiger partial charge in [-0.1, -0.05) is 29.3 Å². The summed E-state index contributed by atoms with van der Waals surface area (Å²) in [6.45, 7) is 0. The number of aromatic amines is 1. The number of rotatable bonds is 2. The first-order valence-electron chi connectivity index (χ1n) is 5.67. The number of H-pyrrole nitrogens is 1. The second-order valence-electron chi connectivity index (χ2n) is 4.10. The number of hydrogen-bond acceptors (Lipinski definition) is 3. The Kier molecular flexibility index (Phi) is 3.08. The Morgan fingerprint density at radius 3 is 2.55 bits per heavy atom. The minimum Gasteiger partial charge on any atom is -0.364 e. The number of hydrogen-bond donors (Lipinski definition) is 2. The first-order chi connectivity index (χ1) is 9.58. The highest BCUT2D eigenvalue weighted by atomic mass is 35.5. The zero-order valence-corrected chi connectivity index (χ0v) is 11.5. The van der Waals surface area contributed by atoms with Crippen molar-refractivity contribution < 1.29 is 4.79 Å². The van der Waals surface area contributed by atoms with Gasteiger partial charge < -0.3 is 10.7 Å². The number of fused-ring (bicyclic) bond motifs is 1. The molecule has 0 saturated carbocycles. The number of halogens is 2. The first-order valence-corrected chi connectivity index (χ1v) is 6.42. The SMILES string of the molecule is NC(=O)c1nccc2[nH]c(-c3c(Cl)cccc3Cl)nc12. The standard InChI is InChI=1S/C13H8Cl2N4O/c14-6-2-1-3-7(15)9(6)13-18-8-4-5-17-11(12(16)20)10(8)19-13/h1-5H,(H2,16,20)(H,18,19). The number of nitrogens with two attached hydrogens (primary N) is 1. The van der Waals surface area contributed by atoms with Crippen molar-refractivity contribution in [2.45, 2.75) is 0 Å². The molecule has 2 heterocycles. The molecule has 0 atom stereocenters. The predicted molar refractivity (Wildman–Crippen MR) is 77.9 cm³/mol. The number of aromatic nitrogens is 3. The highest BCUT2D eigenvalue weighted by molar-refractivity contribution is 6.39. The van der Waals surface area contributed by atoms with Gasteiger partial charge >= 0.3 is 0 Å². The van der Waals surface area contributed by atoms with E-state index in [1.807, 2.05) is 0 Å². The quantitative estimate of drug-likeness (QED) is 0.763. The first kappa shape index (κ1) is 12.9. The molecule has 3 rings (SSSR count). The fourth-order valence-corrected chi connectivity index (χ4v) is 2.53. The van der Waals surface area contributed by atoms with Crippen molar-refractivity contribution in [2.24, 2.45) is 5.73 Å². The number of carbonyl (C=O) groups excluding carboxylic acids is 1. The third-order valence-corrected chi connectivity index (χ3v) is 3.46. The van der Waals surface area contributed by atoms with Gasteiger partial charge in [-0.15, -0.1) is 0 Å². The van der Waals surface area contributed by atoms with Crippen LogP contribution in [0.15, 0.2) is 30.5 Å². The van der Waals surface area contributed by atoms with Gasteiger partial charge in [0, 0.05) is 6.20 Å². The van der Waals surface area contributed by atoms with E-state index in [4.69, 9.17) is 28.9 Å². The van der Waals surface area contributed by atoms with Crippen molar-refractivity contribution in [1.82, 2.24) is 15.0 Å². The maximum Gasteiger partial charge on any atom is 0.269 e. The zero-order valence-electron chi connectivity index (χ0n) is 10.0. The van der Waals surface area contributed by atoms with Gasteiger partial charge in [0.05, 0.1) is 21.1 Å². The summed E-state index contributed by atoms with van der Waals surface area (Å²) in [6, 6.07) is 6.86. The average Bonchev–Trinajstić information content (AvgIpc) is 2.81. The van der Waals surface area contributed by atoms with Crippen LogP contribution in [-0.2, 0) is 0 Å². The summed E-state index contributed by atoms with van der Waals surface area (Å²) in [6.07, 6.45) is 1.48. The van der Waals surface area contributed by atoms with Crippen LogP contribution in [0.3, 0.4) is 0 Å². The summed E-state index contributed by atoms with van der Waals surface area (Å²) in [4.78, 5) is 22.7. The molecule has 5 nitrogen and oxygen atoms in total. The zero-order chi connectivity index (χ0) is 14.3. The van der Waals surface area contributed by atoms with Gasteiger partial charge in [-0.3, -0.25) is 4.79 Å². The molecule has 0 aliphatic heterocycles. The molecular weight excluding hydrogens is 299 g/mol. The molecular formula is C13H8Cl2N4O. The number of benzene rings is 1. The van der Waals surface area contributed by atoms with Crippen LogP contribution in [0.2, 0.25) is 10.0 Å². The van der Waals surface area contributed by atoms with E-state index in [-0.39, 0.29) is 5.69 Å². The van der Waals surface area contributed by atoms with Crippen LogP contribution in [0.1, 0.15) is 10.5 Å². The number of nitrogens with one attached hydrogen (secondary N) is 1. The van der Waals surface area contributed by atoms with E-state index < -0.39 is 5.91 Å². The molecule has 2 aromatic heterocycles. The lowest BCUT2D eigenvalue weighted by Crippen LogP contribution is -2.13. The third-order valence-electron chi connectivity index (χ3n) is 2.83. The van der Waals surface area contributed by atoms with Crippen molar-refractivity contribution in [2.75, 3.05) is 0 Å². The number of amides is 1. The number of primary amides is 1. The molecule has 1 aromatic carbocycles. The summed E-state index contributed by atoms with van der Waals surface area (Å²) >= 11 is 12.3. The van der Waals surface area contributed by atoms with E-state index in [0.29, 0.717) is 32.5 Å². The summed E-state index contributed by atoms with van der Waals surface area (Å²) in [7, 11) is 0. The second-order valence-corrected chi connectivity index (χ2v) is 4.92. The van der Waals surface area contributed by atoms with Crippen molar-refractivity contribution >= 4 is 40.1 Å². The Balaban J connectivity index is 2.29. The molecule has 3 aromatic rings. The lowest BCUT2D eigenvalue weighted by molar-refractivity contribution is 0.0997. The van der Waals surface area contributed by atoms with Gasteiger partial charge in [0.25, 0.3) is 5.91 Å². The van der Waals surface area contributed by atoms with Gasteiger partial charge in [-0.05, 0) is 18.2 Å². The number of nitrogens with zero attached hydrogens (tertiary/aromatic N) is 2. The molecule has 0 aliphatic rings. The Bertz CT molecular complexity index is 808. The van der Waals surface area contributed by atoms with Crippen LogP contribution in [-0.4, -0.2) is 20.9 Å². The second kappa shape index (κ2) is 4.77. The maximum atomic E-state index is 11.3. The van der Waals surface area contributed by atoms with Gasteiger partial charge in [-0.25, -0.2) is 9.97 Å². The van der Waals surface area contributed by atoms with Crippen LogP contribution in [0.25, 0.3) is 22.4 Å². The molecule has 0 unspecified atom stereocenters. The van der Waals surface area contributed by atoms with Crippen molar-refractivity contribution in [3.8, 4) is 11.4 Å². The Hall–Kier alpha value is -2.11. The number of imidazole rings is 1. The van der Waals surface area contributed by atoms with Crippen LogP contribution >= 0.6 is 23.2 Å². The molecule has 0 radical (unpaired) electrons. The summed E-state index contributed by atoms with van der Waals surface area (Å²) in [5.74, 6) is -0.176. The lowest BCUT2D eigenvalue weighted by Gasteiger charge is -2.02. The molecule has 20 heavy (non-hydrogen) atoms. The average molecular weight is 307 g/mol. The van der Waals surface area contributed by atoms with Crippen LogP contribution in [0.4, 0.5) is 0 Å². The van der Waals surface area contributed by atoms with Crippen LogP contribution < -0.4 is 5.73 Å². The Morgan fingerprint density at radius 2 is 1.90 bits per heavy atom. The minimum absolute atomic E-state index is 0.105. The van der Waals surface area contributed by atoms with Crippen molar-refractivity contribution in [3.05, 3.63) is 46.2 Å². The van der Waals surface area contributed by atoms with Crippen LogP contribution in [0, 0.1) is 0 Å². The van der Waals surface area contributed by atoms with Gasteiger partial charge in [0.1, 0.15) is 11.3 Å². The van der Waals surface area contributed by atoms with Crippen molar-refractivity contribution in [1.29, 1.82) is 0 Å². The number of pyridine rings is 1. The van der Waals surface area contributed by atoms with Gasteiger partial charge in [0.15, 0.2) is 5.69 Å².